The van der Waals surface area contributed by atoms with Crippen molar-refractivity contribution < 1.29 is 4.74 Å². The molecule has 0 fully saturated rings. The first-order chi connectivity index (χ1) is 11.7. The van der Waals surface area contributed by atoms with Gasteiger partial charge in [0.1, 0.15) is 11.6 Å². The van der Waals surface area contributed by atoms with Gasteiger partial charge in [0.2, 0.25) is 5.88 Å². The van der Waals surface area contributed by atoms with E-state index < -0.39 is 0 Å². The summed E-state index contributed by atoms with van der Waals surface area (Å²) in [4.78, 5) is 8.81. The second-order valence-electron chi connectivity index (χ2n) is 4.96. The van der Waals surface area contributed by atoms with Gasteiger partial charge in [-0.25, -0.2) is 4.98 Å². The maximum absolute atomic E-state index is 5.89. The Balaban J connectivity index is 1.73. The normalized spacial score (nSPS) is 10.2. The maximum Gasteiger partial charge on any atom is 0.224 e. The zero-order valence-corrected chi connectivity index (χ0v) is 14.2. The van der Waals surface area contributed by atoms with Crippen LogP contribution in [0.2, 0.25) is 5.02 Å². The zero-order chi connectivity index (χ0) is 16.8. The van der Waals surface area contributed by atoms with Gasteiger partial charge in [-0.3, -0.25) is 4.98 Å². The molecule has 0 saturated heterocycles. The number of nitrogens with zero attached hydrogens (tertiary/aromatic N) is 2. The zero-order valence-electron chi connectivity index (χ0n) is 12.6. The van der Waals surface area contributed by atoms with Crippen molar-refractivity contribution in [3.05, 3.63) is 83.3 Å². The van der Waals surface area contributed by atoms with Crippen molar-refractivity contribution >= 4 is 34.5 Å². The minimum atomic E-state index is 0.399. The van der Waals surface area contributed by atoms with Crippen molar-refractivity contribution in [3.8, 4) is 5.88 Å². The summed E-state index contributed by atoms with van der Waals surface area (Å²) in [5.74, 6) is 0.487. The van der Waals surface area contributed by atoms with Crippen molar-refractivity contribution in [3.63, 3.8) is 0 Å². The Morgan fingerprint density at radius 2 is 1.79 bits per heavy atom. The molecule has 2 aromatic heterocycles. The number of nitrogens with one attached hydrogen (secondary N) is 1. The molecule has 2 heterocycles. The number of aromatic nitrogens is 2. The summed E-state index contributed by atoms with van der Waals surface area (Å²) < 4.78 is 5.81. The molecular formula is C18H14ClN3OS. The predicted molar refractivity (Wildman–Crippen MR) is 99.6 cm³/mol. The van der Waals surface area contributed by atoms with Crippen LogP contribution in [0.15, 0.2) is 67.1 Å². The molecule has 0 aliphatic rings. The summed E-state index contributed by atoms with van der Waals surface area (Å²) in [5.41, 5.74) is 2.60. The minimum absolute atomic E-state index is 0.399. The molecule has 0 atom stereocenters. The van der Waals surface area contributed by atoms with Gasteiger partial charge in [-0.1, -0.05) is 23.8 Å². The van der Waals surface area contributed by atoms with Crippen molar-refractivity contribution in [2.75, 3.05) is 5.32 Å². The van der Waals surface area contributed by atoms with Gasteiger partial charge < -0.3 is 10.1 Å². The van der Waals surface area contributed by atoms with E-state index in [1.807, 2.05) is 36.4 Å². The van der Waals surface area contributed by atoms with E-state index in [0.29, 0.717) is 22.5 Å². The smallest absolute Gasteiger partial charge is 0.224 e. The Bertz CT molecular complexity index is 825. The van der Waals surface area contributed by atoms with E-state index in [2.05, 4.69) is 15.3 Å². The van der Waals surface area contributed by atoms with Crippen molar-refractivity contribution in [2.24, 2.45) is 0 Å². The molecule has 120 valence electrons. The van der Waals surface area contributed by atoms with E-state index in [1.54, 1.807) is 30.7 Å². The molecule has 1 N–H and O–H groups in total. The second kappa shape index (κ2) is 7.86. The number of anilines is 1. The van der Waals surface area contributed by atoms with E-state index >= 15 is 0 Å². The maximum atomic E-state index is 5.89. The number of rotatable bonds is 5. The molecule has 6 heteroatoms. The number of thiocarbonyl (C=S) groups is 1. The molecule has 0 amide bonds. The third-order valence-corrected chi connectivity index (χ3v) is 3.82. The molecule has 1 aromatic carbocycles. The van der Waals surface area contributed by atoms with Crippen LogP contribution < -0.4 is 10.1 Å². The molecule has 3 rings (SSSR count). The quantitative estimate of drug-likeness (QED) is 0.683. The van der Waals surface area contributed by atoms with Gasteiger partial charge in [-0.15, -0.1) is 0 Å². The SMILES string of the molecule is S=C(Nc1ccc(Cl)cc1)c1cccnc1OCc1ccncc1. The molecule has 24 heavy (non-hydrogen) atoms. The van der Waals surface area contributed by atoms with Crippen LogP contribution in [0.25, 0.3) is 0 Å². The van der Waals surface area contributed by atoms with Crippen LogP contribution in [-0.2, 0) is 6.61 Å². The lowest BCUT2D eigenvalue weighted by Gasteiger charge is -2.12. The molecule has 0 unspecified atom stereocenters. The van der Waals surface area contributed by atoms with E-state index in [-0.39, 0.29) is 0 Å². The summed E-state index contributed by atoms with van der Waals surface area (Å²) >= 11 is 11.4. The third-order valence-electron chi connectivity index (χ3n) is 3.24. The number of ether oxygens (including phenoxy) is 1. The lowest BCUT2D eigenvalue weighted by Crippen LogP contribution is -2.13. The number of hydrogen-bond acceptors (Lipinski definition) is 4. The average molecular weight is 356 g/mol. The fourth-order valence-electron chi connectivity index (χ4n) is 2.04. The third kappa shape index (κ3) is 4.28. The van der Waals surface area contributed by atoms with Gasteiger partial charge >= 0.3 is 0 Å². The van der Waals surface area contributed by atoms with Gasteiger partial charge in [0.05, 0.1) is 5.56 Å². The van der Waals surface area contributed by atoms with Crippen molar-refractivity contribution in [1.29, 1.82) is 0 Å². The summed E-state index contributed by atoms with van der Waals surface area (Å²) in [5, 5.41) is 3.84. The highest BCUT2D eigenvalue weighted by molar-refractivity contribution is 7.81. The Hall–Kier alpha value is -2.50. The largest absolute Gasteiger partial charge is 0.472 e. The van der Waals surface area contributed by atoms with Crippen LogP contribution in [0.3, 0.4) is 0 Å². The minimum Gasteiger partial charge on any atom is -0.472 e. The van der Waals surface area contributed by atoms with Crippen LogP contribution in [-0.4, -0.2) is 15.0 Å². The number of pyridine rings is 2. The predicted octanol–water partition coefficient (Wildman–Crippen LogP) is 4.50. The first-order valence-electron chi connectivity index (χ1n) is 7.26. The molecule has 4 nitrogen and oxygen atoms in total. The van der Waals surface area contributed by atoms with Gasteiger partial charge in [0, 0.05) is 29.3 Å². The van der Waals surface area contributed by atoms with E-state index in [9.17, 15) is 0 Å². The van der Waals surface area contributed by atoms with Gasteiger partial charge in [-0.2, -0.15) is 0 Å². The summed E-state index contributed by atoms with van der Waals surface area (Å²) in [7, 11) is 0. The van der Waals surface area contributed by atoms with Gasteiger partial charge in [0.15, 0.2) is 0 Å². The van der Waals surface area contributed by atoms with Crippen LogP contribution >= 0.6 is 23.8 Å². The van der Waals surface area contributed by atoms with E-state index in [4.69, 9.17) is 28.6 Å². The van der Waals surface area contributed by atoms with Crippen molar-refractivity contribution in [2.45, 2.75) is 6.61 Å². The average Bonchev–Trinajstić information content (AvgIpc) is 2.63. The molecule has 0 aliphatic heterocycles. The van der Waals surface area contributed by atoms with Crippen LogP contribution in [0.5, 0.6) is 5.88 Å². The van der Waals surface area contributed by atoms with Gasteiger partial charge in [-0.05, 0) is 54.1 Å². The Labute approximate surface area is 150 Å². The molecule has 0 bridgehead atoms. The summed E-state index contributed by atoms with van der Waals surface area (Å²) in [6.45, 7) is 0.399. The van der Waals surface area contributed by atoms with Crippen LogP contribution in [0, 0.1) is 0 Å². The van der Waals surface area contributed by atoms with Crippen molar-refractivity contribution in [1.82, 2.24) is 9.97 Å². The van der Waals surface area contributed by atoms with Crippen LogP contribution in [0.4, 0.5) is 5.69 Å². The second-order valence-corrected chi connectivity index (χ2v) is 5.81. The van der Waals surface area contributed by atoms with Gasteiger partial charge in [0.25, 0.3) is 0 Å². The molecule has 0 saturated carbocycles. The Kier molecular flexibility index (Phi) is 5.36. The topological polar surface area (TPSA) is 47.0 Å². The fourth-order valence-corrected chi connectivity index (χ4v) is 2.44. The lowest BCUT2D eigenvalue weighted by atomic mass is 10.2. The standard InChI is InChI=1S/C18H14ClN3OS/c19-14-3-5-15(6-4-14)22-18(24)16-2-1-9-21-17(16)23-12-13-7-10-20-11-8-13/h1-11H,12H2,(H,22,24). The first kappa shape index (κ1) is 16.4. The highest BCUT2D eigenvalue weighted by atomic mass is 35.5. The van der Waals surface area contributed by atoms with E-state index in [0.717, 1.165) is 16.8 Å². The monoisotopic (exact) mass is 355 g/mol. The molecular weight excluding hydrogens is 342 g/mol. The Morgan fingerprint density at radius 3 is 2.54 bits per heavy atom. The summed E-state index contributed by atoms with van der Waals surface area (Å²) in [6, 6.07) is 14.8. The number of hydrogen-bond donors (Lipinski definition) is 1. The summed E-state index contributed by atoms with van der Waals surface area (Å²) in [6.07, 6.45) is 5.13. The van der Waals surface area contributed by atoms with Crippen LogP contribution in [0.1, 0.15) is 11.1 Å². The first-order valence-corrected chi connectivity index (χ1v) is 8.04. The highest BCUT2D eigenvalue weighted by Crippen LogP contribution is 2.20. The number of benzene rings is 1. The lowest BCUT2D eigenvalue weighted by molar-refractivity contribution is 0.293. The Morgan fingerprint density at radius 1 is 1.04 bits per heavy atom. The fraction of sp³-hybridized carbons (Fsp3) is 0.0556. The molecule has 0 spiro atoms. The highest BCUT2D eigenvalue weighted by Gasteiger charge is 2.10. The van der Waals surface area contributed by atoms with E-state index in [1.165, 1.54) is 0 Å². The molecule has 0 radical (unpaired) electrons. The molecule has 3 aromatic rings. The molecule has 0 aliphatic carbocycles. The number of halogens is 1.